The van der Waals surface area contributed by atoms with Gasteiger partial charge >= 0.3 is 0 Å². The summed E-state index contributed by atoms with van der Waals surface area (Å²) < 4.78 is 13.0. The quantitative estimate of drug-likeness (QED) is 0.905. The molecule has 0 amide bonds. The van der Waals surface area contributed by atoms with Gasteiger partial charge < -0.3 is 5.11 Å². The van der Waals surface area contributed by atoms with Crippen LogP contribution in [0.25, 0.3) is 0 Å². The average Bonchev–Trinajstić information content (AvgIpc) is 2.33. The first-order valence-electron chi connectivity index (χ1n) is 5.78. The summed E-state index contributed by atoms with van der Waals surface area (Å²) in [5, 5.41) is 10.0. The van der Waals surface area contributed by atoms with Crippen LogP contribution in [-0.4, -0.2) is 15.1 Å². The van der Waals surface area contributed by atoms with Crippen molar-refractivity contribution >= 4 is 0 Å². The largest absolute Gasteiger partial charge is 0.385 e. The minimum absolute atomic E-state index is 0.266. The molecule has 3 nitrogen and oxygen atoms in total. The van der Waals surface area contributed by atoms with Gasteiger partial charge in [-0.15, -0.1) is 0 Å². The molecule has 2 aromatic rings. The Bertz CT molecular complexity index is 540. The Labute approximate surface area is 105 Å². The predicted octanol–water partition coefficient (Wildman–Crippen LogP) is 2.51. The van der Waals surface area contributed by atoms with E-state index in [1.807, 2.05) is 13.8 Å². The molecule has 1 atom stereocenters. The fraction of sp³-hybridized carbons (Fsp3) is 0.286. The number of aromatic nitrogens is 2. The van der Waals surface area contributed by atoms with E-state index in [1.54, 1.807) is 18.5 Å². The second-order valence-electron chi connectivity index (χ2n) is 4.41. The van der Waals surface area contributed by atoms with Gasteiger partial charge in [-0.25, -0.2) is 14.4 Å². The maximum Gasteiger partial charge on any atom is 0.157 e. The van der Waals surface area contributed by atoms with E-state index >= 15 is 0 Å². The highest BCUT2D eigenvalue weighted by atomic mass is 19.1. The zero-order valence-electron chi connectivity index (χ0n) is 10.4. The van der Waals surface area contributed by atoms with Crippen LogP contribution >= 0.6 is 0 Å². The molecule has 0 spiro atoms. The topological polar surface area (TPSA) is 46.0 Å². The number of aliphatic hydroxyl groups is 1. The molecule has 94 valence electrons. The number of aliphatic hydroxyl groups excluding tert-OH is 1. The molecule has 0 saturated carbocycles. The van der Waals surface area contributed by atoms with E-state index < -0.39 is 6.10 Å². The van der Waals surface area contributed by atoms with Crippen LogP contribution in [0, 0.1) is 19.7 Å². The fourth-order valence-electron chi connectivity index (χ4n) is 1.76. The summed E-state index contributed by atoms with van der Waals surface area (Å²) in [6.07, 6.45) is 2.95. The van der Waals surface area contributed by atoms with E-state index in [0.717, 1.165) is 16.7 Å². The lowest BCUT2D eigenvalue weighted by Crippen LogP contribution is -2.07. The van der Waals surface area contributed by atoms with Crippen molar-refractivity contribution in [2.45, 2.75) is 26.4 Å². The Morgan fingerprint density at radius 1 is 1.22 bits per heavy atom. The molecular weight excluding hydrogens is 231 g/mol. The summed E-state index contributed by atoms with van der Waals surface area (Å²) in [6.45, 7) is 3.71. The monoisotopic (exact) mass is 246 g/mol. The van der Waals surface area contributed by atoms with E-state index in [2.05, 4.69) is 9.97 Å². The van der Waals surface area contributed by atoms with Gasteiger partial charge in [-0.3, -0.25) is 0 Å². The van der Waals surface area contributed by atoms with E-state index in [0.29, 0.717) is 12.2 Å². The number of hydrogen-bond donors (Lipinski definition) is 1. The van der Waals surface area contributed by atoms with Gasteiger partial charge in [0.05, 0.1) is 0 Å². The van der Waals surface area contributed by atoms with Crippen LogP contribution in [0.3, 0.4) is 0 Å². The number of hydrogen-bond acceptors (Lipinski definition) is 3. The second kappa shape index (κ2) is 5.23. The van der Waals surface area contributed by atoms with Gasteiger partial charge in [0.15, 0.2) is 5.82 Å². The van der Waals surface area contributed by atoms with Crippen LogP contribution in [0.15, 0.2) is 30.6 Å². The van der Waals surface area contributed by atoms with Crippen molar-refractivity contribution < 1.29 is 9.50 Å². The van der Waals surface area contributed by atoms with Crippen LogP contribution in [0.2, 0.25) is 0 Å². The SMILES string of the molecule is Cc1cnc(C(O)Cc2ccc(F)cc2C)nc1. The normalized spacial score (nSPS) is 12.4. The molecule has 1 aromatic carbocycles. The van der Waals surface area contributed by atoms with Crippen molar-refractivity contribution in [3.63, 3.8) is 0 Å². The molecule has 1 unspecified atom stereocenters. The molecule has 2 rings (SSSR count). The van der Waals surface area contributed by atoms with E-state index in [9.17, 15) is 9.50 Å². The first-order valence-corrected chi connectivity index (χ1v) is 5.78. The number of nitrogens with zero attached hydrogens (tertiary/aromatic N) is 2. The van der Waals surface area contributed by atoms with Crippen molar-refractivity contribution in [1.29, 1.82) is 0 Å². The van der Waals surface area contributed by atoms with Gasteiger partial charge in [0.25, 0.3) is 0 Å². The fourth-order valence-corrected chi connectivity index (χ4v) is 1.76. The molecule has 0 saturated heterocycles. The third-order valence-electron chi connectivity index (χ3n) is 2.82. The summed E-state index contributed by atoms with van der Waals surface area (Å²) >= 11 is 0. The summed E-state index contributed by atoms with van der Waals surface area (Å²) in [4.78, 5) is 8.17. The third kappa shape index (κ3) is 2.90. The van der Waals surface area contributed by atoms with Gasteiger partial charge in [0.1, 0.15) is 11.9 Å². The maximum atomic E-state index is 13.0. The first-order chi connectivity index (χ1) is 8.56. The predicted molar refractivity (Wildman–Crippen MR) is 66.6 cm³/mol. The Morgan fingerprint density at radius 2 is 1.89 bits per heavy atom. The number of benzene rings is 1. The van der Waals surface area contributed by atoms with E-state index in [1.165, 1.54) is 12.1 Å². The highest BCUT2D eigenvalue weighted by Gasteiger charge is 2.13. The van der Waals surface area contributed by atoms with Crippen molar-refractivity contribution in [2.24, 2.45) is 0 Å². The first kappa shape index (κ1) is 12.6. The Balaban J connectivity index is 2.15. The van der Waals surface area contributed by atoms with Gasteiger partial charge in [-0.1, -0.05) is 6.07 Å². The van der Waals surface area contributed by atoms with Crippen LogP contribution < -0.4 is 0 Å². The van der Waals surface area contributed by atoms with Gasteiger partial charge in [0, 0.05) is 18.8 Å². The second-order valence-corrected chi connectivity index (χ2v) is 4.41. The van der Waals surface area contributed by atoms with Crippen molar-refractivity contribution in [3.05, 3.63) is 58.9 Å². The lowest BCUT2D eigenvalue weighted by Gasteiger charge is -2.11. The molecule has 0 aliphatic rings. The Kier molecular flexibility index (Phi) is 3.67. The van der Waals surface area contributed by atoms with E-state index in [-0.39, 0.29) is 5.82 Å². The van der Waals surface area contributed by atoms with Crippen molar-refractivity contribution in [3.8, 4) is 0 Å². The minimum Gasteiger partial charge on any atom is -0.385 e. The maximum absolute atomic E-state index is 13.0. The molecule has 4 heteroatoms. The minimum atomic E-state index is -0.769. The van der Waals surface area contributed by atoms with Crippen molar-refractivity contribution in [2.75, 3.05) is 0 Å². The average molecular weight is 246 g/mol. The van der Waals surface area contributed by atoms with Crippen LogP contribution in [0.1, 0.15) is 28.6 Å². The number of rotatable bonds is 3. The van der Waals surface area contributed by atoms with Crippen LogP contribution in [-0.2, 0) is 6.42 Å². The van der Waals surface area contributed by atoms with Gasteiger partial charge in [-0.2, -0.15) is 0 Å². The molecule has 1 aromatic heterocycles. The van der Waals surface area contributed by atoms with Crippen LogP contribution in [0.4, 0.5) is 4.39 Å². The molecule has 0 aliphatic heterocycles. The zero-order chi connectivity index (χ0) is 13.1. The highest BCUT2D eigenvalue weighted by molar-refractivity contribution is 5.27. The molecule has 0 aliphatic carbocycles. The smallest absolute Gasteiger partial charge is 0.157 e. The molecule has 1 heterocycles. The summed E-state index contributed by atoms with van der Waals surface area (Å²) in [5.74, 6) is 0.127. The lowest BCUT2D eigenvalue weighted by molar-refractivity contribution is 0.168. The molecular formula is C14H15FN2O. The standard InChI is InChI=1S/C14H15FN2O/c1-9-7-16-14(17-8-9)13(18)6-11-3-4-12(15)5-10(11)2/h3-5,7-8,13,18H,6H2,1-2H3. The molecule has 18 heavy (non-hydrogen) atoms. The van der Waals surface area contributed by atoms with Gasteiger partial charge in [-0.05, 0) is 42.7 Å². The number of aryl methyl sites for hydroxylation is 2. The van der Waals surface area contributed by atoms with E-state index in [4.69, 9.17) is 0 Å². The Morgan fingerprint density at radius 3 is 2.50 bits per heavy atom. The molecule has 0 radical (unpaired) electrons. The highest BCUT2D eigenvalue weighted by Crippen LogP contribution is 2.18. The number of halogens is 1. The lowest BCUT2D eigenvalue weighted by atomic mass is 10.0. The van der Waals surface area contributed by atoms with Gasteiger partial charge in [0.2, 0.25) is 0 Å². The summed E-state index contributed by atoms with van der Waals surface area (Å²) in [7, 11) is 0. The third-order valence-corrected chi connectivity index (χ3v) is 2.82. The molecule has 1 N–H and O–H groups in total. The van der Waals surface area contributed by atoms with Crippen molar-refractivity contribution in [1.82, 2.24) is 9.97 Å². The van der Waals surface area contributed by atoms with Crippen LogP contribution in [0.5, 0.6) is 0 Å². The summed E-state index contributed by atoms with van der Waals surface area (Å²) in [5.41, 5.74) is 2.66. The molecule has 0 fully saturated rings. The Hall–Kier alpha value is -1.81. The molecule has 0 bridgehead atoms. The summed E-state index contributed by atoms with van der Waals surface area (Å²) in [6, 6.07) is 4.53. The zero-order valence-corrected chi connectivity index (χ0v) is 10.4.